The van der Waals surface area contributed by atoms with E-state index in [1.165, 1.54) is 11.3 Å². The number of amides is 1. The quantitative estimate of drug-likeness (QED) is 0.736. The van der Waals surface area contributed by atoms with Crippen molar-refractivity contribution >= 4 is 17.2 Å². The van der Waals surface area contributed by atoms with Gasteiger partial charge >= 0.3 is 0 Å². The number of carbonyl (C=O) groups excluding carboxylic acids is 1. The van der Waals surface area contributed by atoms with Crippen LogP contribution in [0.25, 0.3) is 10.6 Å². The van der Waals surface area contributed by atoms with Gasteiger partial charge in [-0.1, -0.05) is 6.07 Å². The maximum Gasteiger partial charge on any atom is 0.273 e. The first kappa shape index (κ1) is 17.2. The van der Waals surface area contributed by atoms with Gasteiger partial charge in [0.25, 0.3) is 5.91 Å². The van der Waals surface area contributed by atoms with Crippen molar-refractivity contribution in [3.63, 3.8) is 0 Å². The second-order valence-electron chi connectivity index (χ2n) is 6.61. The number of rotatable bonds is 3. The molecule has 8 heteroatoms. The standard InChI is InChI=1S/C20H18N4O3S/c25-20(24-7-6-22-10-16(24)14-2-1-5-21-9-14)15-11-28-19(23-15)13-3-4-17-18(8-13)27-12-26-17/h1-5,8-9,11,16,22H,6-7,10,12H2. The largest absolute Gasteiger partial charge is 0.454 e. The van der Waals surface area contributed by atoms with Gasteiger partial charge in [-0.2, -0.15) is 0 Å². The minimum atomic E-state index is -0.0569. The summed E-state index contributed by atoms with van der Waals surface area (Å²) in [5.74, 6) is 1.38. The molecule has 7 nitrogen and oxygen atoms in total. The van der Waals surface area contributed by atoms with Crippen LogP contribution >= 0.6 is 11.3 Å². The molecule has 5 rings (SSSR count). The van der Waals surface area contributed by atoms with Crippen LogP contribution in [0, 0.1) is 0 Å². The van der Waals surface area contributed by atoms with Crippen LogP contribution in [-0.4, -0.2) is 47.2 Å². The highest BCUT2D eigenvalue weighted by atomic mass is 32.1. The van der Waals surface area contributed by atoms with Gasteiger partial charge in [0.05, 0.1) is 6.04 Å². The van der Waals surface area contributed by atoms with Gasteiger partial charge in [-0.3, -0.25) is 9.78 Å². The molecule has 0 radical (unpaired) electrons. The van der Waals surface area contributed by atoms with Crippen LogP contribution in [0.15, 0.2) is 48.1 Å². The molecule has 0 saturated carbocycles. The Hall–Kier alpha value is -2.97. The molecule has 2 aliphatic heterocycles. The number of benzene rings is 1. The fourth-order valence-corrected chi connectivity index (χ4v) is 4.29. The normalized spacial score (nSPS) is 18.3. The summed E-state index contributed by atoms with van der Waals surface area (Å²) in [7, 11) is 0. The number of hydrogen-bond donors (Lipinski definition) is 1. The van der Waals surface area contributed by atoms with Crippen LogP contribution in [0.5, 0.6) is 11.5 Å². The van der Waals surface area contributed by atoms with Crippen molar-refractivity contribution in [1.29, 1.82) is 0 Å². The Bertz CT molecular complexity index is 1010. The molecule has 142 valence electrons. The first-order valence-electron chi connectivity index (χ1n) is 9.07. The lowest BCUT2D eigenvalue weighted by atomic mass is 10.0. The summed E-state index contributed by atoms with van der Waals surface area (Å²) in [5.41, 5.74) is 2.40. The Morgan fingerprint density at radius 1 is 1.25 bits per heavy atom. The van der Waals surface area contributed by atoms with Crippen molar-refractivity contribution in [1.82, 2.24) is 20.2 Å². The molecule has 1 saturated heterocycles. The zero-order valence-electron chi connectivity index (χ0n) is 15.0. The average Bonchev–Trinajstić information content (AvgIpc) is 3.43. The summed E-state index contributed by atoms with van der Waals surface area (Å²) < 4.78 is 10.8. The maximum atomic E-state index is 13.2. The first-order valence-corrected chi connectivity index (χ1v) is 9.95. The molecule has 0 spiro atoms. The molecule has 1 N–H and O–H groups in total. The predicted octanol–water partition coefficient (Wildman–Crippen LogP) is 2.72. The third kappa shape index (κ3) is 3.10. The number of pyridine rings is 1. The van der Waals surface area contributed by atoms with Crippen molar-refractivity contribution in [2.45, 2.75) is 6.04 Å². The summed E-state index contributed by atoms with van der Waals surface area (Å²) in [6.45, 7) is 2.34. The van der Waals surface area contributed by atoms with Crippen LogP contribution in [-0.2, 0) is 0 Å². The zero-order valence-corrected chi connectivity index (χ0v) is 15.8. The smallest absolute Gasteiger partial charge is 0.273 e. The SMILES string of the molecule is O=C(c1csc(-c2ccc3c(c2)OCO3)n1)N1CCNCC1c1cccnc1. The molecule has 0 aliphatic carbocycles. The second-order valence-corrected chi connectivity index (χ2v) is 7.47. The number of hydrogen-bond acceptors (Lipinski definition) is 7. The lowest BCUT2D eigenvalue weighted by molar-refractivity contribution is 0.0629. The molecule has 0 bridgehead atoms. The predicted molar refractivity (Wildman–Crippen MR) is 105 cm³/mol. The third-order valence-electron chi connectivity index (χ3n) is 4.92. The number of nitrogens with zero attached hydrogens (tertiary/aromatic N) is 3. The van der Waals surface area contributed by atoms with Gasteiger partial charge in [0, 0.05) is 43.0 Å². The molecule has 1 amide bonds. The molecule has 1 fully saturated rings. The molecular weight excluding hydrogens is 376 g/mol. The molecule has 1 unspecified atom stereocenters. The second kappa shape index (κ2) is 7.21. The Labute approximate surface area is 166 Å². The number of aromatic nitrogens is 2. The van der Waals surface area contributed by atoms with E-state index in [0.717, 1.165) is 28.4 Å². The van der Waals surface area contributed by atoms with Crippen LogP contribution in [0.4, 0.5) is 0 Å². The molecule has 2 aliphatic rings. The van der Waals surface area contributed by atoms with Crippen LogP contribution < -0.4 is 14.8 Å². The fraction of sp³-hybridized carbons (Fsp3) is 0.250. The van der Waals surface area contributed by atoms with E-state index in [1.807, 2.05) is 46.8 Å². The minimum Gasteiger partial charge on any atom is -0.454 e. The van der Waals surface area contributed by atoms with Crippen LogP contribution in [0.2, 0.25) is 0 Å². The minimum absolute atomic E-state index is 0.0503. The van der Waals surface area contributed by atoms with E-state index in [-0.39, 0.29) is 18.7 Å². The summed E-state index contributed by atoms with van der Waals surface area (Å²) in [6.07, 6.45) is 3.56. The van der Waals surface area contributed by atoms with Gasteiger partial charge in [-0.05, 0) is 29.8 Å². The van der Waals surface area contributed by atoms with E-state index in [4.69, 9.17) is 9.47 Å². The number of ether oxygens (including phenoxy) is 2. The highest BCUT2D eigenvalue weighted by Crippen LogP contribution is 2.37. The molecule has 2 aromatic heterocycles. The van der Waals surface area contributed by atoms with Crippen LogP contribution in [0.3, 0.4) is 0 Å². The lowest BCUT2D eigenvalue weighted by Crippen LogP contribution is -2.48. The topological polar surface area (TPSA) is 76.6 Å². The molecule has 3 aromatic rings. The van der Waals surface area contributed by atoms with Gasteiger partial charge in [-0.25, -0.2) is 4.98 Å². The number of piperazine rings is 1. The Morgan fingerprint density at radius 2 is 2.18 bits per heavy atom. The van der Waals surface area contributed by atoms with Crippen molar-refractivity contribution in [3.05, 3.63) is 59.4 Å². The number of thiazole rings is 1. The van der Waals surface area contributed by atoms with Crippen molar-refractivity contribution in [2.24, 2.45) is 0 Å². The third-order valence-corrected chi connectivity index (χ3v) is 5.81. The van der Waals surface area contributed by atoms with E-state index < -0.39 is 0 Å². The zero-order chi connectivity index (χ0) is 18.9. The Balaban J connectivity index is 1.41. The van der Waals surface area contributed by atoms with E-state index in [9.17, 15) is 4.79 Å². The molecule has 4 heterocycles. The number of carbonyl (C=O) groups is 1. The van der Waals surface area contributed by atoms with Crippen molar-refractivity contribution < 1.29 is 14.3 Å². The summed E-state index contributed by atoms with van der Waals surface area (Å²) in [5, 5.41) is 5.97. The van der Waals surface area contributed by atoms with Gasteiger partial charge < -0.3 is 19.7 Å². The van der Waals surface area contributed by atoms with Crippen molar-refractivity contribution in [2.75, 3.05) is 26.4 Å². The molecule has 28 heavy (non-hydrogen) atoms. The Morgan fingerprint density at radius 3 is 3.07 bits per heavy atom. The number of nitrogens with one attached hydrogen (secondary N) is 1. The van der Waals surface area contributed by atoms with E-state index in [1.54, 1.807) is 6.20 Å². The van der Waals surface area contributed by atoms with Gasteiger partial charge in [0.2, 0.25) is 6.79 Å². The lowest BCUT2D eigenvalue weighted by Gasteiger charge is -2.36. The highest BCUT2D eigenvalue weighted by Gasteiger charge is 2.30. The maximum absolute atomic E-state index is 13.2. The fourth-order valence-electron chi connectivity index (χ4n) is 3.50. The number of fused-ring (bicyclic) bond motifs is 1. The van der Waals surface area contributed by atoms with Crippen molar-refractivity contribution in [3.8, 4) is 22.1 Å². The van der Waals surface area contributed by atoms with Crippen LogP contribution in [0.1, 0.15) is 22.1 Å². The van der Waals surface area contributed by atoms with Gasteiger partial charge in [-0.15, -0.1) is 11.3 Å². The van der Waals surface area contributed by atoms with Gasteiger partial charge in [0.15, 0.2) is 11.5 Å². The van der Waals surface area contributed by atoms with E-state index >= 15 is 0 Å². The first-order chi connectivity index (χ1) is 13.8. The van der Waals surface area contributed by atoms with E-state index in [2.05, 4.69) is 15.3 Å². The molecular formula is C20H18N4O3S. The van der Waals surface area contributed by atoms with Gasteiger partial charge in [0.1, 0.15) is 10.7 Å². The molecule has 1 atom stereocenters. The summed E-state index contributed by atoms with van der Waals surface area (Å²) >= 11 is 1.45. The highest BCUT2D eigenvalue weighted by molar-refractivity contribution is 7.13. The summed E-state index contributed by atoms with van der Waals surface area (Å²) in [4.78, 5) is 23.9. The summed E-state index contributed by atoms with van der Waals surface area (Å²) in [6, 6.07) is 9.56. The average molecular weight is 394 g/mol. The monoisotopic (exact) mass is 394 g/mol. The Kier molecular flexibility index (Phi) is 4.42. The molecule has 1 aromatic carbocycles. The van der Waals surface area contributed by atoms with E-state index in [0.29, 0.717) is 24.5 Å².